The van der Waals surface area contributed by atoms with Gasteiger partial charge >= 0.3 is 0 Å². The number of ether oxygens (including phenoxy) is 1. The number of hydrogen-bond donors (Lipinski definition) is 1. The summed E-state index contributed by atoms with van der Waals surface area (Å²) < 4.78 is 18.4. The van der Waals surface area contributed by atoms with Crippen LogP contribution in [0.3, 0.4) is 0 Å². The van der Waals surface area contributed by atoms with E-state index in [0.29, 0.717) is 0 Å². The molecule has 2 aromatic carbocycles. The summed E-state index contributed by atoms with van der Waals surface area (Å²) >= 11 is 0. The molecule has 0 unspecified atom stereocenters. The first-order valence-corrected chi connectivity index (χ1v) is 7.47. The summed E-state index contributed by atoms with van der Waals surface area (Å²) in [6.45, 7) is 0. The molecule has 118 valence electrons. The normalized spacial score (nSPS) is 15.1. The van der Waals surface area contributed by atoms with Crippen LogP contribution in [0.1, 0.15) is 34.3 Å². The lowest BCUT2D eigenvalue weighted by Crippen LogP contribution is -2.22. The molecule has 0 spiro atoms. The fourth-order valence-electron chi connectivity index (χ4n) is 2.68. The van der Waals surface area contributed by atoms with Gasteiger partial charge in [0.15, 0.2) is 0 Å². The molecule has 0 saturated heterocycles. The van der Waals surface area contributed by atoms with Gasteiger partial charge in [-0.3, -0.25) is 4.79 Å². The van der Waals surface area contributed by atoms with Crippen molar-refractivity contribution in [3.63, 3.8) is 0 Å². The lowest BCUT2D eigenvalue weighted by Gasteiger charge is -2.18. The third kappa shape index (κ3) is 3.39. The van der Waals surface area contributed by atoms with Crippen LogP contribution in [0.4, 0.5) is 4.39 Å². The van der Waals surface area contributed by atoms with Crippen LogP contribution in [0.2, 0.25) is 0 Å². The van der Waals surface area contributed by atoms with Gasteiger partial charge in [-0.15, -0.1) is 0 Å². The van der Waals surface area contributed by atoms with E-state index in [0.717, 1.165) is 36.3 Å². The number of rotatable bonds is 3. The maximum atomic E-state index is 13.2. The van der Waals surface area contributed by atoms with Crippen molar-refractivity contribution < 1.29 is 13.9 Å². The predicted octanol–water partition coefficient (Wildman–Crippen LogP) is 3.30. The number of hydrogen-bond acceptors (Lipinski definition) is 3. The van der Waals surface area contributed by atoms with Crippen LogP contribution < -0.4 is 10.2 Å². The molecule has 2 aromatic rings. The second-order valence-corrected chi connectivity index (χ2v) is 5.39. The van der Waals surface area contributed by atoms with E-state index in [9.17, 15) is 9.18 Å². The molecule has 0 radical (unpaired) electrons. The van der Waals surface area contributed by atoms with Crippen molar-refractivity contribution in [2.75, 3.05) is 7.11 Å². The van der Waals surface area contributed by atoms with Crippen LogP contribution in [-0.4, -0.2) is 18.7 Å². The molecule has 0 aliphatic heterocycles. The number of carbonyl (C=O) groups excluding carboxylic acids is 1. The largest absolute Gasteiger partial charge is 0.497 e. The van der Waals surface area contributed by atoms with Crippen molar-refractivity contribution in [1.29, 1.82) is 0 Å². The number of nitrogens with one attached hydrogen (secondary N) is 1. The minimum absolute atomic E-state index is 0.246. The molecule has 0 heterocycles. The van der Waals surface area contributed by atoms with Crippen molar-refractivity contribution in [3.05, 3.63) is 65.0 Å². The highest BCUT2D eigenvalue weighted by Gasteiger charge is 2.17. The van der Waals surface area contributed by atoms with Gasteiger partial charge in [-0.1, -0.05) is 12.1 Å². The van der Waals surface area contributed by atoms with E-state index in [4.69, 9.17) is 4.74 Å². The predicted molar refractivity (Wildman–Crippen MR) is 86.3 cm³/mol. The molecule has 0 fully saturated rings. The number of carbonyl (C=O) groups is 1. The van der Waals surface area contributed by atoms with E-state index < -0.39 is 11.7 Å². The SMILES string of the molecule is COc1ccc2c(c1)/C(=N\NC(=O)c1cccc(F)c1)CCC2. The minimum atomic E-state index is -0.446. The summed E-state index contributed by atoms with van der Waals surface area (Å²) in [5.74, 6) is -0.111. The number of halogens is 1. The number of nitrogens with zero attached hydrogens (tertiary/aromatic N) is 1. The molecule has 0 bridgehead atoms. The number of methoxy groups -OCH3 is 1. The highest BCUT2D eigenvalue weighted by Crippen LogP contribution is 2.25. The van der Waals surface area contributed by atoms with E-state index in [1.165, 1.54) is 23.8 Å². The van der Waals surface area contributed by atoms with E-state index in [-0.39, 0.29) is 5.56 Å². The molecule has 1 aliphatic carbocycles. The van der Waals surface area contributed by atoms with Crippen LogP contribution >= 0.6 is 0 Å². The number of fused-ring (bicyclic) bond motifs is 1. The number of amides is 1. The molecule has 0 saturated carbocycles. The molecule has 23 heavy (non-hydrogen) atoms. The topological polar surface area (TPSA) is 50.7 Å². The summed E-state index contributed by atoms with van der Waals surface area (Å²) in [6, 6.07) is 11.4. The zero-order valence-corrected chi connectivity index (χ0v) is 12.8. The minimum Gasteiger partial charge on any atom is -0.497 e. The van der Waals surface area contributed by atoms with Gasteiger partial charge in [-0.05, 0) is 55.2 Å². The Balaban J connectivity index is 1.83. The summed E-state index contributed by atoms with van der Waals surface area (Å²) in [5.41, 5.74) is 5.76. The molecule has 3 rings (SSSR count). The maximum absolute atomic E-state index is 13.2. The van der Waals surface area contributed by atoms with Crippen molar-refractivity contribution in [3.8, 4) is 5.75 Å². The Bertz CT molecular complexity index is 771. The average Bonchev–Trinajstić information content (AvgIpc) is 2.59. The lowest BCUT2D eigenvalue weighted by atomic mass is 9.90. The average molecular weight is 312 g/mol. The van der Waals surface area contributed by atoms with Crippen molar-refractivity contribution >= 4 is 11.6 Å². The Labute approximate surface area is 134 Å². The molecular weight excluding hydrogens is 295 g/mol. The highest BCUT2D eigenvalue weighted by molar-refractivity contribution is 6.04. The van der Waals surface area contributed by atoms with Gasteiger partial charge in [0, 0.05) is 11.1 Å². The van der Waals surface area contributed by atoms with Crippen LogP contribution in [-0.2, 0) is 6.42 Å². The summed E-state index contributed by atoms with van der Waals surface area (Å²) in [6.07, 6.45) is 2.74. The molecule has 0 aromatic heterocycles. The quantitative estimate of drug-likeness (QED) is 0.884. The maximum Gasteiger partial charge on any atom is 0.271 e. The Morgan fingerprint density at radius 1 is 1.22 bits per heavy atom. The molecule has 0 atom stereocenters. The first kappa shape index (κ1) is 15.2. The molecule has 5 heteroatoms. The molecule has 4 nitrogen and oxygen atoms in total. The number of aryl methyl sites for hydroxylation is 1. The standard InChI is InChI=1S/C18H17FN2O2/c1-23-15-9-8-12-4-3-7-17(16(12)11-15)20-21-18(22)13-5-2-6-14(19)10-13/h2,5-6,8-11H,3-4,7H2,1H3,(H,21,22)/b20-17-. The first-order valence-electron chi connectivity index (χ1n) is 7.47. The Kier molecular flexibility index (Phi) is 4.37. The van der Waals surface area contributed by atoms with E-state index >= 15 is 0 Å². The second kappa shape index (κ2) is 6.60. The fourth-order valence-corrected chi connectivity index (χ4v) is 2.68. The highest BCUT2D eigenvalue weighted by atomic mass is 19.1. The number of benzene rings is 2. The third-order valence-electron chi connectivity index (χ3n) is 3.87. The zero-order chi connectivity index (χ0) is 16.2. The van der Waals surface area contributed by atoms with E-state index in [2.05, 4.69) is 10.5 Å². The van der Waals surface area contributed by atoms with Gasteiger partial charge in [0.1, 0.15) is 11.6 Å². The van der Waals surface area contributed by atoms with Crippen molar-refractivity contribution in [2.24, 2.45) is 5.10 Å². The van der Waals surface area contributed by atoms with Crippen molar-refractivity contribution in [1.82, 2.24) is 5.43 Å². The summed E-state index contributed by atoms with van der Waals surface area (Å²) in [5, 5.41) is 4.25. The second-order valence-electron chi connectivity index (χ2n) is 5.39. The van der Waals surface area contributed by atoms with Gasteiger partial charge in [-0.25, -0.2) is 9.82 Å². The van der Waals surface area contributed by atoms with E-state index in [1.807, 2.05) is 18.2 Å². The Morgan fingerprint density at radius 3 is 2.87 bits per heavy atom. The smallest absolute Gasteiger partial charge is 0.271 e. The molecule has 1 aliphatic rings. The summed E-state index contributed by atoms with van der Waals surface area (Å²) in [7, 11) is 1.62. The van der Waals surface area contributed by atoms with Crippen LogP contribution in [0, 0.1) is 5.82 Å². The van der Waals surface area contributed by atoms with Gasteiger partial charge in [0.2, 0.25) is 0 Å². The van der Waals surface area contributed by atoms with Gasteiger partial charge in [0.25, 0.3) is 5.91 Å². The first-order chi connectivity index (χ1) is 11.2. The zero-order valence-electron chi connectivity index (χ0n) is 12.8. The van der Waals surface area contributed by atoms with Crippen LogP contribution in [0.5, 0.6) is 5.75 Å². The van der Waals surface area contributed by atoms with E-state index in [1.54, 1.807) is 13.2 Å². The van der Waals surface area contributed by atoms with Gasteiger partial charge in [-0.2, -0.15) is 5.10 Å². The van der Waals surface area contributed by atoms with Crippen molar-refractivity contribution in [2.45, 2.75) is 19.3 Å². The van der Waals surface area contributed by atoms with Crippen LogP contribution in [0.25, 0.3) is 0 Å². The fraction of sp³-hybridized carbons (Fsp3) is 0.222. The summed E-state index contributed by atoms with van der Waals surface area (Å²) in [4.78, 5) is 12.1. The lowest BCUT2D eigenvalue weighted by molar-refractivity contribution is 0.0954. The Morgan fingerprint density at radius 2 is 2.09 bits per heavy atom. The molecule has 1 N–H and O–H groups in total. The molecule has 1 amide bonds. The third-order valence-corrected chi connectivity index (χ3v) is 3.87. The van der Waals surface area contributed by atoms with Gasteiger partial charge in [0.05, 0.1) is 12.8 Å². The van der Waals surface area contributed by atoms with Gasteiger partial charge < -0.3 is 4.74 Å². The Hall–Kier alpha value is -2.69. The van der Waals surface area contributed by atoms with Crippen LogP contribution in [0.15, 0.2) is 47.6 Å². The number of hydrazone groups is 1. The molecular formula is C18H17FN2O2. The monoisotopic (exact) mass is 312 g/mol.